The minimum absolute atomic E-state index is 0.00564. The molecule has 0 bridgehead atoms. The number of hydrogen-bond donors (Lipinski definition) is 0. The quantitative estimate of drug-likeness (QED) is 0.501. The summed E-state index contributed by atoms with van der Waals surface area (Å²) in [6.45, 7) is 0. The fraction of sp³-hybridized carbons (Fsp3) is 0.111. The van der Waals surface area contributed by atoms with Gasteiger partial charge in [-0.1, -0.05) is 70.5 Å². The molecule has 0 saturated heterocycles. The third-order valence-corrected chi connectivity index (χ3v) is 4.45. The molecule has 0 aliphatic carbocycles. The topological polar surface area (TPSA) is 0 Å². The van der Waals surface area contributed by atoms with Crippen molar-refractivity contribution in [3.63, 3.8) is 0 Å². The predicted molar refractivity (Wildman–Crippen MR) is 90.4 cm³/mol. The van der Waals surface area contributed by atoms with Gasteiger partial charge in [-0.05, 0) is 40.5 Å². The number of benzene rings is 3. The lowest BCUT2D eigenvalue weighted by molar-refractivity contribution is 0.927. The minimum atomic E-state index is -0.00564. The zero-order valence-corrected chi connectivity index (χ0v) is 13.2. The lowest BCUT2D eigenvalue weighted by Gasteiger charge is -2.12. The number of alkyl halides is 1. The Kier molecular flexibility index (Phi) is 4.09. The SMILES string of the molecule is ClC(Cc1cccc2ccccc12)c1ccc(Br)cc1. The molecule has 0 N–H and O–H groups in total. The molecule has 0 amide bonds. The molecule has 0 spiro atoms. The number of rotatable bonds is 3. The smallest absolute Gasteiger partial charge is 0.0625 e. The van der Waals surface area contributed by atoms with Gasteiger partial charge < -0.3 is 0 Å². The van der Waals surface area contributed by atoms with Crippen LogP contribution >= 0.6 is 27.5 Å². The highest BCUT2D eigenvalue weighted by molar-refractivity contribution is 9.10. The number of halogens is 2. The summed E-state index contributed by atoms with van der Waals surface area (Å²) in [5.74, 6) is 0. The summed E-state index contributed by atoms with van der Waals surface area (Å²) in [5, 5.41) is 2.55. The van der Waals surface area contributed by atoms with Crippen LogP contribution in [0.4, 0.5) is 0 Å². The standard InChI is InChI=1S/C18H14BrCl/c19-16-10-8-14(9-11-16)18(20)12-15-6-3-5-13-4-1-2-7-17(13)15/h1-11,18H,12H2. The van der Waals surface area contributed by atoms with Crippen molar-refractivity contribution in [3.8, 4) is 0 Å². The van der Waals surface area contributed by atoms with Gasteiger partial charge in [0.1, 0.15) is 0 Å². The zero-order valence-electron chi connectivity index (χ0n) is 10.9. The van der Waals surface area contributed by atoms with Crippen molar-refractivity contribution in [2.24, 2.45) is 0 Å². The molecule has 3 rings (SSSR count). The second-order valence-electron chi connectivity index (χ2n) is 4.86. The molecule has 0 heterocycles. The zero-order chi connectivity index (χ0) is 13.9. The van der Waals surface area contributed by atoms with Crippen LogP contribution in [0.5, 0.6) is 0 Å². The maximum Gasteiger partial charge on any atom is 0.0625 e. The van der Waals surface area contributed by atoms with Crippen LogP contribution in [0.2, 0.25) is 0 Å². The van der Waals surface area contributed by atoms with Crippen LogP contribution in [0.3, 0.4) is 0 Å². The third kappa shape index (κ3) is 2.89. The van der Waals surface area contributed by atoms with E-state index in [1.165, 1.54) is 16.3 Å². The van der Waals surface area contributed by atoms with E-state index in [4.69, 9.17) is 11.6 Å². The molecule has 2 heteroatoms. The van der Waals surface area contributed by atoms with Crippen molar-refractivity contribution in [2.75, 3.05) is 0 Å². The molecule has 1 atom stereocenters. The molecule has 0 radical (unpaired) electrons. The van der Waals surface area contributed by atoms with Gasteiger partial charge >= 0.3 is 0 Å². The monoisotopic (exact) mass is 344 g/mol. The first-order valence-corrected chi connectivity index (χ1v) is 7.83. The first-order valence-electron chi connectivity index (χ1n) is 6.60. The maximum absolute atomic E-state index is 6.58. The summed E-state index contributed by atoms with van der Waals surface area (Å²) in [7, 11) is 0. The Morgan fingerprint density at radius 2 is 1.55 bits per heavy atom. The van der Waals surface area contributed by atoms with Crippen molar-refractivity contribution in [1.29, 1.82) is 0 Å². The largest absolute Gasteiger partial charge is 0.117 e. The highest BCUT2D eigenvalue weighted by Crippen LogP contribution is 2.29. The van der Waals surface area contributed by atoms with Gasteiger partial charge in [-0.2, -0.15) is 0 Å². The summed E-state index contributed by atoms with van der Waals surface area (Å²) < 4.78 is 1.08. The fourth-order valence-corrected chi connectivity index (χ4v) is 3.03. The van der Waals surface area contributed by atoms with E-state index in [1.54, 1.807) is 0 Å². The Morgan fingerprint density at radius 3 is 2.35 bits per heavy atom. The normalized spacial score (nSPS) is 12.5. The third-order valence-electron chi connectivity index (χ3n) is 3.51. The van der Waals surface area contributed by atoms with E-state index in [0.29, 0.717) is 0 Å². The lowest BCUT2D eigenvalue weighted by atomic mass is 9.98. The Balaban J connectivity index is 1.91. The summed E-state index contributed by atoms with van der Waals surface area (Å²) >= 11 is 10.0. The van der Waals surface area contributed by atoms with Crippen LogP contribution in [-0.4, -0.2) is 0 Å². The van der Waals surface area contributed by atoms with Gasteiger partial charge in [-0.3, -0.25) is 0 Å². The maximum atomic E-state index is 6.58. The van der Waals surface area contributed by atoms with E-state index in [9.17, 15) is 0 Å². The first-order chi connectivity index (χ1) is 9.74. The highest BCUT2D eigenvalue weighted by Gasteiger charge is 2.10. The van der Waals surface area contributed by atoms with Crippen molar-refractivity contribution in [3.05, 3.63) is 82.3 Å². The molecule has 100 valence electrons. The van der Waals surface area contributed by atoms with Crippen LogP contribution in [0.25, 0.3) is 10.8 Å². The lowest BCUT2D eigenvalue weighted by Crippen LogP contribution is -1.96. The molecule has 0 saturated carbocycles. The van der Waals surface area contributed by atoms with Crippen molar-refractivity contribution >= 4 is 38.3 Å². The Hall–Kier alpha value is -1.31. The van der Waals surface area contributed by atoms with Gasteiger partial charge in [0.15, 0.2) is 0 Å². The van der Waals surface area contributed by atoms with Crippen LogP contribution in [0, 0.1) is 0 Å². The molecular weight excluding hydrogens is 332 g/mol. The van der Waals surface area contributed by atoms with E-state index in [-0.39, 0.29) is 5.38 Å². The van der Waals surface area contributed by atoms with Crippen molar-refractivity contribution in [1.82, 2.24) is 0 Å². The molecule has 0 nitrogen and oxygen atoms in total. The molecule has 0 aromatic heterocycles. The molecule has 0 fully saturated rings. The van der Waals surface area contributed by atoms with Gasteiger partial charge in [0.2, 0.25) is 0 Å². The minimum Gasteiger partial charge on any atom is -0.117 e. The first kappa shape index (κ1) is 13.7. The number of hydrogen-bond acceptors (Lipinski definition) is 0. The van der Waals surface area contributed by atoms with Gasteiger partial charge in [-0.25, -0.2) is 0 Å². The average molecular weight is 346 g/mol. The summed E-state index contributed by atoms with van der Waals surface area (Å²) in [4.78, 5) is 0. The van der Waals surface area contributed by atoms with Crippen molar-refractivity contribution < 1.29 is 0 Å². The van der Waals surface area contributed by atoms with Crippen LogP contribution in [-0.2, 0) is 6.42 Å². The number of fused-ring (bicyclic) bond motifs is 1. The summed E-state index contributed by atoms with van der Waals surface area (Å²) in [6.07, 6.45) is 0.838. The molecule has 0 aliphatic heterocycles. The van der Waals surface area contributed by atoms with E-state index in [0.717, 1.165) is 16.5 Å². The van der Waals surface area contributed by atoms with Crippen LogP contribution in [0.1, 0.15) is 16.5 Å². The molecule has 0 aliphatic rings. The Labute approximate surface area is 132 Å². The van der Waals surface area contributed by atoms with Crippen LogP contribution < -0.4 is 0 Å². The molecule has 3 aromatic carbocycles. The van der Waals surface area contributed by atoms with E-state index in [2.05, 4.69) is 70.5 Å². The predicted octanol–water partition coefficient (Wildman–Crippen LogP) is 6.12. The summed E-state index contributed by atoms with van der Waals surface area (Å²) in [5.41, 5.74) is 2.45. The van der Waals surface area contributed by atoms with Gasteiger partial charge in [0, 0.05) is 4.47 Å². The van der Waals surface area contributed by atoms with E-state index < -0.39 is 0 Å². The van der Waals surface area contributed by atoms with E-state index >= 15 is 0 Å². The van der Waals surface area contributed by atoms with Gasteiger partial charge in [-0.15, -0.1) is 11.6 Å². The second-order valence-corrected chi connectivity index (χ2v) is 6.30. The van der Waals surface area contributed by atoms with E-state index in [1.807, 2.05) is 12.1 Å². The highest BCUT2D eigenvalue weighted by atomic mass is 79.9. The fourth-order valence-electron chi connectivity index (χ4n) is 2.45. The van der Waals surface area contributed by atoms with Gasteiger partial charge in [0.05, 0.1) is 5.38 Å². The molecular formula is C18H14BrCl. The Bertz CT molecular complexity index is 714. The van der Waals surface area contributed by atoms with Crippen LogP contribution in [0.15, 0.2) is 71.2 Å². The second kappa shape index (κ2) is 5.99. The molecule has 1 unspecified atom stereocenters. The molecule has 20 heavy (non-hydrogen) atoms. The van der Waals surface area contributed by atoms with Gasteiger partial charge in [0.25, 0.3) is 0 Å². The Morgan fingerprint density at radius 1 is 0.850 bits per heavy atom. The van der Waals surface area contributed by atoms with Crippen molar-refractivity contribution in [2.45, 2.75) is 11.8 Å². The molecule has 3 aromatic rings. The average Bonchev–Trinajstić information content (AvgIpc) is 2.48. The summed E-state index contributed by atoms with van der Waals surface area (Å²) in [6, 6.07) is 23.1.